The van der Waals surface area contributed by atoms with Gasteiger partial charge in [-0.15, -0.1) is 0 Å². The first-order chi connectivity index (χ1) is 9.65. The second-order valence-electron chi connectivity index (χ2n) is 4.00. The number of hydrogen-bond acceptors (Lipinski definition) is 4. The van der Waals surface area contributed by atoms with Crippen LogP contribution >= 0.6 is 22.9 Å². The third-order valence-electron chi connectivity index (χ3n) is 2.43. The molecule has 1 aromatic heterocycles. The molecule has 1 aromatic carbocycles. The van der Waals surface area contributed by atoms with E-state index >= 15 is 0 Å². The number of carbonyl (C=O) groups is 1. The van der Waals surface area contributed by atoms with Crippen LogP contribution in [0.15, 0.2) is 46.2 Å². The number of carbonyl (C=O) groups excluding carboxylic acids is 1. The Hall–Kier alpha value is -1.85. The third kappa shape index (κ3) is 4.36. The highest BCUT2D eigenvalue weighted by Gasteiger charge is 2.13. The summed E-state index contributed by atoms with van der Waals surface area (Å²) in [6, 6.07) is 8.74. The van der Waals surface area contributed by atoms with Gasteiger partial charge in [-0.25, -0.2) is 5.43 Å². The van der Waals surface area contributed by atoms with Gasteiger partial charge in [-0.3, -0.25) is 4.79 Å². The number of amides is 1. The Morgan fingerprint density at radius 3 is 2.80 bits per heavy atom. The molecule has 0 saturated carbocycles. The Morgan fingerprint density at radius 2 is 2.15 bits per heavy atom. The van der Waals surface area contributed by atoms with Crippen molar-refractivity contribution in [2.45, 2.75) is 13.0 Å². The Kier molecular flexibility index (Phi) is 5.15. The second kappa shape index (κ2) is 7.07. The number of hydrogen-bond donors (Lipinski definition) is 1. The smallest absolute Gasteiger partial charge is 0.280 e. The largest absolute Gasteiger partial charge is 0.481 e. The molecule has 1 amide bonds. The van der Waals surface area contributed by atoms with Gasteiger partial charge in [0, 0.05) is 10.6 Å². The summed E-state index contributed by atoms with van der Waals surface area (Å²) in [6.07, 6.45) is 0.944. The summed E-state index contributed by atoms with van der Waals surface area (Å²) in [4.78, 5) is 11.8. The zero-order valence-electron chi connectivity index (χ0n) is 10.7. The summed E-state index contributed by atoms with van der Waals surface area (Å²) in [7, 11) is 0. The van der Waals surface area contributed by atoms with Gasteiger partial charge >= 0.3 is 0 Å². The van der Waals surface area contributed by atoms with Crippen molar-refractivity contribution in [3.63, 3.8) is 0 Å². The van der Waals surface area contributed by atoms with Crippen LogP contribution < -0.4 is 10.2 Å². The van der Waals surface area contributed by atoms with Gasteiger partial charge in [-0.2, -0.15) is 16.4 Å². The van der Waals surface area contributed by atoms with Crippen molar-refractivity contribution in [2.24, 2.45) is 5.10 Å². The summed E-state index contributed by atoms with van der Waals surface area (Å²) in [5.41, 5.74) is 3.38. The molecule has 2 rings (SSSR count). The highest BCUT2D eigenvalue weighted by atomic mass is 35.5. The van der Waals surface area contributed by atoms with Crippen LogP contribution in [0.2, 0.25) is 5.02 Å². The molecule has 1 N–H and O–H groups in total. The molecule has 6 heteroatoms. The molecule has 0 bridgehead atoms. The molecule has 0 saturated heterocycles. The number of thiophene rings is 1. The Labute approximate surface area is 126 Å². The summed E-state index contributed by atoms with van der Waals surface area (Å²) < 4.78 is 5.48. The molecule has 0 spiro atoms. The molecule has 0 radical (unpaired) electrons. The van der Waals surface area contributed by atoms with Crippen molar-refractivity contribution in [3.05, 3.63) is 51.7 Å². The lowest BCUT2D eigenvalue weighted by Crippen LogP contribution is -2.33. The van der Waals surface area contributed by atoms with Crippen LogP contribution in [0.4, 0.5) is 0 Å². The average molecular weight is 309 g/mol. The maximum atomic E-state index is 11.8. The van der Waals surface area contributed by atoms with E-state index in [4.69, 9.17) is 16.3 Å². The summed E-state index contributed by atoms with van der Waals surface area (Å²) in [5.74, 6) is 0.269. The highest BCUT2D eigenvalue weighted by molar-refractivity contribution is 7.08. The summed E-state index contributed by atoms with van der Waals surface area (Å²) in [5, 5.41) is 8.37. The SMILES string of the molecule is C[C@H](Oc1ccc(Cl)cc1)C(=O)NN=Cc1ccsc1. The number of halogens is 1. The number of rotatable bonds is 5. The van der Waals surface area contributed by atoms with Gasteiger partial charge in [-0.05, 0) is 48.0 Å². The van der Waals surface area contributed by atoms with Gasteiger partial charge in [0.05, 0.1) is 6.21 Å². The number of nitrogens with one attached hydrogen (secondary N) is 1. The summed E-state index contributed by atoms with van der Waals surface area (Å²) in [6.45, 7) is 1.66. The Balaban J connectivity index is 1.84. The second-order valence-corrected chi connectivity index (χ2v) is 5.22. The van der Waals surface area contributed by atoms with Crippen molar-refractivity contribution < 1.29 is 9.53 Å². The maximum absolute atomic E-state index is 11.8. The lowest BCUT2D eigenvalue weighted by Gasteiger charge is -2.12. The monoisotopic (exact) mass is 308 g/mol. The fraction of sp³-hybridized carbons (Fsp3) is 0.143. The van der Waals surface area contributed by atoms with Crippen LogP contribution in [0.1, 0.15) is 12.5 Å². The molecule has 0 fully saturated rings. The topological polar surface area (TPSA) is 50.7 Å². The predicted molar refractivity (Wildman–Crippen MR) is 81.6 cm³/mol. The molecule has 1 heterocycles. The number of nitrogens with zero attached hydrogens (tertiary/aromatic N) is 1. The molecule has 0 aliphatic carbocycles. The Morgan fingerprint density at radius 1 is 1.40 bits per heavy atom. The van der Waals surface area contributed by atoms with Gasteiger partial charge in [-0.1, -0.05) is 11.6 Å². The van der Waals surface area contributed by atoms with Gasteiger partial charge < -0.3 is 4.74 Å². The zero-order chi connectivity index (χ0) is 14.4. The molecule has 4 nitrogen and oxygen atoms in total. The third-order valence-corrected chi connectivity index (χ3v) is 3.38. The van der Waals surface area contributed by atoms with E-state index in [1.54, 1.807) is 48.7 Å². The molecular weight excluding hydrogens is 296 g/mol. The van der Waals surface area contributed by atoms with Crippen molar-refractivity contribution in [1.29, 1.82) is 0 Å². The van der Waals surface area contributed by atoms with Gasteiger partial charge in [0.25, 0.3) is 5.91 Å². The van der Waals surface area contributed by atoms with E-state index in [9.17, 15) is 4.79 Å². The molecule has 0 aliphatic heterocycles. The molecule has 20 heavy (non-hydrogen) atoms. The van der Waals surface area contributed by atoms with Crippen LogP contribution in [0, 0.1) is 0 Å². The van der Waals surface area contributed by atoms with Crippen LogP contribution in [0.25, 0.3) is 0 Å². The van der Waals surface area contributed by atoms with Crippen LogP contribution in [0.3, 0.4) is 0 Å². The van der Waals surface area contributed by atoms with Crippen LogP contribution in [0.5, 0.6) is 5.75 Å². The van der Waals surface area contributed by atoms with Gasteiger partial charge in [0.2, 0.25) is 0 Å². The molecule has 104 valence electrons. The molecule has 0 aliphatic rings. The lowest BCUT2D eigenvalue weighted by molar-refractivity contribution is -0.127. The van der Waals surface area contributed by atoms with E-state index in [0.717, 1.165) is 5.56 Å². The zero-order valence-corrected chi connectivity index (χ0v) is 12.3. The van der Waals surface area contributed by atoms with Crippen LogP contribution in [-0.2, 0) is 4.79 Å². The van der Waals surface area contributed by atoms with Crippen molar-refractivity contribution in [3.8, 4) is 5.75 Å². The first-order valence-electron chi connectivity index (χ1n) is 5.92. The number of ether oxygens (including phenoxy) is 1. The van der Waals surface area contributed by atoms with E-state index in [-0.39, 0.29) is 5.91 Å². The minimum atomic E-state index is -0.643. The fourth-order valence-electron chi connectivity index (χ4n) is 1.38. The molecule has 1 atom stereocenters. The van der Waals surface area contributed by atoms with Crippen molar-refractivity contribution in [1.82, 2.24) is 5.43 Å². The van der Waals surface area contributed by atoms with E-state index in [2.05, 4.69) is 10.5 Å². The fourth-order valence-corrected chi connectivity index (χ4v) is 2.12. The van der Waals surface area contributed by atoms with E-state index in [0.29, 0.717) is 10.8 Å². The predicted octanol–water partition coefficient (Wildman–Crippen LogP) is 3.32. The van der Waals surface area contributed by atoms with Gasteiger partial charge in [0.15, 0.2) is 6.10 Å². The maximum Gasteiger partial charge on any atom is 0.280 e. The number of benzene rings is 1. The van der Waals surface area contributed by atoms with E-state index < -0.39 is 6.10 Å². The van der Waals surface area contributed by atoms with Crippen molar-refractivity contribution >= 4 is 35.1 Å². The van der Waals surface area contributed by atoms with Crippen molar-refractivity contribution in [2.75, 3.05) is 0 Å². The standard InChI is InChI=1S/C14H13ClN2O2S/c1-10(19-13-4-2-12(15)3-5-13)14(18)17-16-8-11-6-7-20-9-11/h2-10H,1H3,(H,17,18)/t10-/m0/s1. The Bertz CT molecular complexity index is 582. The average Bonchev–Trinajstić information content (AvgIpc) is 2.94. The normalized spacial score (nSPS) is 12.3. The lowest BCUT2D eigenvalue weighted by atomic mass is 10.3. The van der Waals surface area contributed by atoms with Gasteiger partial charge in [0.1, 0.15) is 5.75 Å². The minimum Gasteiger partial charge on any atom is -0.481 e. The quantitative estimate of drug-likeness (QED) is 0.680. The highest BCUT2D eigenvalue weighted by Crippen LogP contribution is 2.16. The van der Waals surface area contributed by atoms with Crippen LogP contribution in [-0.4, -0.2) is 18.2 Å². The molecular formula is C14H13ClN2O2S. The minimum absolute atomic E-state index is 0.313. The van der Waals surface area contributed by atoms with E-state index in [1.807, 2.05) is 16.8 Å². The first-order valence-corrected chi connectivity index (χ1v) is 7.24. The molecule has 2 aromatic rings. The first kappa shape index (κ1) is 14.6. The van der Waals surface area contributed by atoms with E-state index in [1.165, 1.54) is 0 Å². The number of hydrazone groups is 1. The molecule has 0 unspecified atom stereocenters. The summed E-state index contributed by atoms with van der Waals surface area (Å²) >= 11 is 7.34.